The first kappa shape index (κ1) is 15.5. The highest BCUT2D eigenvalue weighted by Crippen LogP contribution is 2.34. The van der Waals surface area contributed by atoms with Gasteiger partial charge >= 0.3 is 0 Å². The van der Waals surface area contributed by atoms with Gasteiger partial charge in [-0.25, -0.2) is 0 Å². The van der Waals surface area contributed by atoms with Crippen LogP contribution in [0.1, 0.15) is 36.5 Å². The van der Waals surface area contributed by atoms with E-state index in [9.17, 15) is 9.59 Å². The fourth-order valence-corrected chi connectivity index (χ4v) is 3.08. The fourth-order valence-electron chi connectivity index (χ4n) is 3.08. The number of allylic oxidation sites excluding steroid dienone is 3. The van der Waals surface area contributed by atoms with E-state index in [1.54, 1.807) is 18.2 Å². The Morgan fingerprint density at radius 2 is 2.00 bits per heavy atom. The number of rotatable bonds is 1. The number of hydrogen-bond donors (Lipinski definition) is 0. The normalized spacial score (nSPS) is 24.1. The lowest BCUT2D eigenvalue weighted by Gasteiger charge is -2.24. The molecule has 2 aliphatic rings. The second-order valence-corrected chi connectivity index (χ2v) is 6.00. The van der Waals surface area contributed by atoms with Crippen LogP contribution in [-0.4, -0.2) is 25.3 Å². The largest absolute Gasteiger partial charge is 0.500 e. The summed E-state index contributed by atoms with van der Waals surface area (Å²) in [6.45, 7) is 2.40. The second kappa shape index (κ2) is 6.41. The minimum absolute atomic E-state index is 0.112. The van der Waals surface area contributed by atoms with Crippen molar-refractivity contribution in [3.8, 4) is 5.75 Å². The molecule has 3 rings (SSSR count). The maximum Gasteiger partial charge on any atom is 0.203 e. The number of methoxy groups -OCH3 is 1. The molecule has 0 N–H and O–H groups in total. The lowest BCUT2D eigenvalue weighted by atomic mass is 9.81. The van der Waals surface area contributed by atoms with Crippen molar-refractivity contribution in [2.45, 2.75) is 26.2 Å². The first-order valence-corrected chi connectivity index (χ1v) is 7.85. The molecular formula is C19H20O4. The van der Waals surface area contributed by atoms with Gasteiger partial charge in [-0.3, -0.25) is 9.59 Å². The molecule has 1 heterocycles. The Balaban J connectivity index is 2.16. The van der Waals surface area contributed by atoms with Gasteiger partial charge in [0.05, 0.1) is 12.7 Å². The van der Waals surface area contributed by atoms with Gasteiger partial charge < -0.3 is 9.47 Å². The number of benzene rings is 1. The number of carbonyl (C=O) groups excluding carboxylic acids is 2. The summed E-state index contributed by atoms with van der Waals surface area (Å²) in [6, 6.07) is 7.06. The minimum atomic E-state index is -0.299. The van der Waals surface area contributed by atoms with Crippen LogP contribution < -0.4 is 4.74 Å². The molecule has 0 fully saturated rings. The van der Waals surface area contributed by atoms with Gasteiger partial charge in [-0.1, -0.05) is 18.2 Å². The summed E-state index contributed by atoms with van der Waals surface area (Å²) in [4.78, 5) is 25.8. The van der Waals surface area contributed by atoms with Crippen LogP contribution in [0.5, 0.6) is 5.75 Å². The molecule has 0 amide bonds. The molecule has 1 atom stereocenters. The molecule has 1 aromatic rings. The Kier molecular flexibility index (Phi) is 4.33. The summed E-state index contributed by atoms with van der Waals surface area (Å²) >= 11 is 0. The molecule has 0 spiro atoms. The van der Waals surface area contributed by atoms with Crippen molar-refractivity contribution in [1.82, 2.24) is 0 Å². The van der Waals surface area contributed by atoms with Crippen molar-refractivity contribution in [3.05, 3.63) is 52.8 Å². The number of Topliss-reactive ketones (excluding diaryl/α,β-unsaturated/α-hetero) is 2. The monoisotopic (exact) mass is 312 g/mol. The van der Waals surface area contributed by atoms with E-state index in [0.717, 1.165) is 5.57 Å². The molecule has 1 aliphatic carbocycles. The lowest BCUT2D eigenvalue weighted by Crippen LogP contribution is -2.28. The average molecular weight is 312 g/mol. The van der Waals surface area contributed by atoms with E-state index < -0.39 is 0 Å². The Bertz CT molecular complexity index is 712. The third kappa shape index (κ3) is 2.93. The first-order chi connectivity index (χ1) is 11.1. The van der Waals surface area contributed by atoms with E-state index in [2.05, 4.69) is 0 Å². The zero-order valence-corrected chi connectivity index (χ0v) is 13.4. The van der Waals surface area contributed by atoms with Gasteiger partial charge in [-0.05, 0) is 37.5 Å². The zero-order valence-electron chi connectivity index (χ0n) is 13.4. The molecule has 0 saturated heterocycles. The van der Waals surface area contributed by atoms with Gasteiger partial charge in [0, 0.05) is 12.3 Å². The van der Waals surface area contributed by atoms with Crippen LogP contribution in [-0.2, 0) is 9.53 Å². The van der Waals surface area contributed by atoms with Crippen molar-refractivity contribution >= 4 is 11.6 Å². The first-order valence-electron chi connectivity index (χ1n) is 7.85. The summed E-state index contributed by atoms with van der Waals surface area (Å²) in [6.07, 6.45) is 4.00. The van der Waals surface area contributed by atoms with Gasteiger partial charge in [0.15, 0.2) is 5.78 Å². The Morgan fingerprint density at radius 1 is 1.22 bits per heavy atom. The van der Waals surface area contributed by atoms with Crippen LogP contribution in [0.3, 0.4) is 0 Å². The van der Waals surface area contributed by atoms with Crippen molar-refractivity contribution < 1.29 is 19.1 Å². The van der Waals surface area contributed by atoms with Gasteiger partial charge in [-0.2, -0.15) is 0 Å². The summed E-state index contributed by atoms with van der Waals surface area (Å²) in [5.41, 5.74) is 1.67. The SMILES string of the molecule is COC1=C2C(=O)c3ccccc3OC/C(C)=C\C[C@@H](CC1)C2=O. The van der Waals surface area contributed by atoms with Crippen LogP contribution in [0.15, 0.2) is 47.2 Å². The standard InChI is InChI=1S/C19H20O4/c1-12-7-8-13-9-10-16(22-2)17(18(13)20)19(21)14-5-3-4-6-15(14)23-11-12/h3-7,13H,8-11H2,1-2H3/b12-7-/t13-/m0/s1. The smallest absolute Gasteiger partial charge is 0.203 e. The third-order valence-corrected chi connectivity index (χ3v) is 4.43. The molecule has 4 nitrogen and oxygen atoms in total. The van der Waals surface area contributed by atoms with E-state index in [4.69, 9.17) is 9.47 Å². The molecular weight excluding hydrogens is 292 g/mol. The number of carbonyl (C=O) groups is 2. The Labute approximate surface area is 135 Å². The van der Waals surface area contributed by atoms with Crippen molar-refractivity contribution in [3.63, 3.8) is 0 Å². The topological polar surface area (TPSA) is 52.6 Å². The molecule has 0 radical (unpaired) electrons. The quantitative estimate of drug-likeness (QED) is 0.588. The molecule has 1 aliphatic heterocycles. The van der Waals surface area contributed by atoms with Crippen LogP contribution in [0, 0.1) is 5.92 Å². The number of ketones is 2. The highest BCUT2D eigenvalue weighted by molar-refractivity contribution is 6.28. The molecule has 120 valence electrons. The van der Waals surface area contributed by atoms with Crippen molar-refractivity contribution in [1.29, 1.82) is 0 Å². The maximum atomic E-state index is 13.0. The van der Waals surface area contributed by atoms with Gasteiger partial charge in [0.25, 0.3) is 0 Å². The number of fused-ring (bicyclic) bond motifs is 3. The van der Waals surface area contributed by atoms with Gasteiger partial charge in [0.2, 0.25) is 5.78 Å². The summed E-state index contributed by atoms with van der Waals surface area (Å²) in [5.74, 6) is 0.426. The molecule has 1 aromatic carbocycles. The Hall–Kier alpha value is -2.36. The number of ether oxygens (including phenoxy) is 2. The highest BCUT2D eigenvalue weighted by Gasteiger charge is 2.35. The van der Waals surface area contributed by atoms with Crippen LogP contribution in [0.4, 0.5) is 0 Å². The van der Waals surface area contributed by atoms with E-state index >= 15 is 0 Å². The lowest BCUT2D eigenvalue weighted by molar-refractivity contribution is -0.119. The fraction of sp³-hybridized carbons (Fsp3) is 0.368. The molecule has 2 bridgehead atoms. The van der Waals surface area contributed by atoms with Gasteiger partial charge in [-0.15, -0.1) is 0 Å². The average Bonchev–Trinajstić information content (AvgIpc) is 2.58. The van der Waals surface area contributed by atoms with Crippen molar-refractivity contribution in [2.24, 2.45) is 5.92 Å². The zero-order chi connectivity index (χ0) is 16.4. The van der Waals surface area contributed by atoms with Crippen molar-refractivity contribution in [2.75, 3.05) is 13.7 Å². The molecule has 23 heavy (non-hydrogen) atoms. The van der Waals surface area contributed by atoms with Crippen LogP contribution in [0.25, 0.3) is 0 Å². The van der Waals surface area contributed by atoms with Crippen LogP contribution in [0.2, 0.25) is 0 Å². The summed E-state index contributed by atoms with van der Waals surface area (Å²) in [5, 5.41) is 0. The second-order valence-electron chi connectivity index (χ2n) is 6.00. The predicted molar refractivity (Wildman–Crippen MR) is 86.4 cm³/mol. The van der Waals surface area contributed by atoms with Crippen LogP contribution >= 0.6 is 0 Å². The third-order valence-electron chi connectivity index (χ3n) is 4.43. The molecule has 0 saturated carbocycles. The maximum absolute atomic E-state index is 13.0. The summed E-state index contributed by atoms with van der Waals surface area (Å²) < 4.78 is 11.1. The van der Waals surface area contributed by atoms with E-state index in [-0.39, 0.29) is 23.1 Å². The molecule has 0 aromatic heterocycles. The Morgan fingerprint density at radius 3 is 2.78 bits per heavy atom. The van der Waals surface area contributed by atoms with E-state index in [1.165, 1.54) is 7.11 Å². The number of para-hydroxylation sites is 1. The highest BCUT2D eigenvalue weighted by atomic mass is 16.5. The minimum Gasteiger partial charge on any atom is -0.500 e. The number of hydrogen-bond acceptors (Lipinski definition) is 4. The van der Waals surface area contributed by atoms with E-state index in [0.29, 0.717) is 42.9 Å². The summed E-state index contributed by atoms with van der Waals surface area (Å²) in [7, 11) is 1.51. The molecule has 0 unspecified atom stereocenters. The van der Waals surface area contributed by atoms with E-state index in [1.807, 2.05) is 19.1 Å². The molecule has 4 heteroatoms. The van der Waals surface area contributed by atoms with Gasteiger partial charge in [0.1, 0.15) is 23.7 Å². The predicted octanol–water partition coefficient (Wildman–Crippen LogP) is 3.48.